The van der Waals surface area contributed by atoms with Gasteiger partial charge in [-0.25, -0.2) is 0 Å². The van der Waals surface area contributed by atoms with Crippen LogP contribution in [-0.4, -0.2) is 51.0 Å². The number of nitrogens with one attached hydrogen (secondary N) is 2. The van der Waals surface area contributed by atoms with E-state index in [9.17, 15) is 0 Å². The summed E-state index contributed by atoms with van der Waals surface area (Å²) in [6.45, 7) is 10.4. The predicted octanol–water partition coefficient (Wildman–Crippen LogP) is 0.365. The molecule has 1 fully saturated rings. The third-order valence-corrected chi connectivity index (χ3v) is 3.20. The Hall–Kier alpha value is -0.650. The molecule has 5 heteroatoms. The standard InChI is InChI=1S/C12H23N3O2/c1-12(2,3)9-6-15-10(7-14-9)17-8-11-13-4-5-16-11/h9-10,14-15H,4-8H2,1-3H3. The zero-order valence-corrected chi connectivity index (χ0v) is 11.0. The highest BCUT2D eigenvalue weighted by molar-refractivity contribution is 5.78. The van der Waals surface area contributed by atoms with Crippen LogP contribution in [0.25, 0.3) is 0 Å². The Balaban J connectivity index is 1.68. The van der Waals surface area contributed by atoms with Crippen LogP contribution in [0, 0.1) is 5.41 Å². The minimum absolute atomic E-state index is 0.0560. The molecule has 0 saturated carbocycles. The van der Waals surface area contributed by atoms with Crippen molar-refractivity contribution >= 4 is 5.90 Å². The number of piperazine rings is 1. The summed E-state index contributed by atoms with van der Waals surface area (Å²) in [6.07, 6.45) is 0.0560. The van der Waals surface area contributed by atoms with Gasteiger partial charge >= 0.3 is 0 Å². The molecule has 0 amide bonds. The SMILES string of the molecule is CC(C)(C)C1CNC(OCC2=NCCO2)CN1. The largest absolute Gasteiger partial charge is 0.477 e. The quantitative estimate of drug-likeness (QED) is 0.749. The molecule has 98 valence electrons. The van der Waals surface area contributed by atoms with Crippen LogP contribution >= 0.6 is 0 Å². The van der Waals surface area contributed by atoms with E-state index in [1.54, 1.807) is 0 Å². The molecule has 2 rings (SSSR count). The van der Waals surface area contributed by atoms with Crippen molar-refractivity contribution in [1.82, 2.24) is 10.6 Å². The molecule has 0 aromatic carbocycles. The highest BCUT2D eigenvalue weighted by Crippen LogP contribution is 2.20. The normalized spacial score (nSPS) is 29.9. The van der Waals surface area contributed by atoms with Crippen molar-refractivity contribution < 1.29 is 9.47 Å². The molecule has 0 spiro atoms. The summed E-state index contributed by atoms with van der Waals surface area (Å²) in [5, 5.41) is 6.92. The maximum atomic E-state index is 5.70. The lowest BCUT2D eigenvalue weighted by Crippen LogP contribution is -2.59. The number of nitrogens with zero attached hydrogens (tertiary/aromatic N) is 1. The van der Waals surface area contributed by atoms with E-state index in [-0.39, 0.29) is 11.6 Å². The highest BCUT2D eigenvalue weighted by atomic mass is 16.5. The fourth-order valence-electron chi connectivity index (χ4n) is 2.01. The lowest BCUT2D eigenvalue weighted by atomic mass is 9.86. The Morgan fingerprint density at radius 1 is 1.35 bits per heavy atom. The maximum Gasteiger partial charge on any atom is 0.210 e. The van der Waals surface area contributed by atoms with E-state index < -0.39 is 0 Å². The molecule has 2 unspecified atom stereocenters. The first-order valence-corrected chi connectivity index (χ1v) is 6.30. The van der Waals surface area contributed by atoms with Crippen LogP contribution in [0.15, 0.2) is 4.99 Å². The zero-order chi connectivity index (χ0) is 12.3. The van der Waals surface area contributed by atoms with E-state index in [2.05, 4.69) is 36.4 Å². The Labute approximate surface area is 103 Å². The van der Waals surface area contributed by atoms with Gasteiger partial charge in [-0.15, -0.1) is 0 Å². The van der Waals surface area contributed by atoms with Crippen molar-refractivity contribution in [3.8, 4) is 0 Å². The number of hydrogen-bond donors (Lipinski definition) is 2. The van der Waals surface area contributed by atoms with Crippen LogP contribution in [0.5, 0.6) is 0 Å². The number of rotatable bonds is 3. The fourth-order valence-corrected chi connectivity index (χ4v) is 2.01. The first-order chi connectivity index (χ1) is 8.05. The smallest absolute Gasteiger partial charge is 0.210 e. The molecular formula is C12H23N3O2. The van der Waals surface area contributed by atoms with Gasteiger partial charge in [-0.05, 0) is 5.41 Å². The van der Waals surface area contributed by atoms with Gasteiger partial charge < -0.3 is 14.8 Å². The first-order valence-electron chi connectivity index (χ1n) is 6.30. The van der Waals surface area contributed by atoms with Gasteiger partial charge in [0, 0.05) is 19.1 Å². The van der Waals surface area contributed by atoms with Crippen molar-refractivity contribution in [3.05, 3.63) is 0 Å². The average molecular weight is 241 g/mol. The third-order valence-electron chi connectivity index (χ3n) is 3.20. The molecule has 2 atom stereocenters. The molecule has 2 N–H and O–H groups in total. The lowest BCUT2D eigenvalue weighted by Gasteiger charge is -2.38. The molecule has 0 aromatic rings. The van der Waals surface area contributed by atoms with Crippen LogP contribution in [-0.2, 0) is 9.47 Å². The van der Waals surface area contributed by atoms with Crippen molar-refractivity contribution in [2.45, 2.75) is 33.0 Å². The Morgan fingerprint density at radius 3 is 2.71 bits per heavy atom. The van der Waals surface area contributed by atoms with Gasteiger partial charge in [-0.1, -0.05) is 20.8 Å². The summed E-state index contributed by atoms with van der Waals surface area (Å²) in [5.41, 5.74) is 0.274. The van der Waals surface area contributed by atoms with Gasteiger partial charge in [-0.2, -0.15) is 0 Å². The Bertz CT molecular complexity index is 278. The Morgan fingerprint density at radius 2 is 2.18 bits per heavy atom. The Kier molecular flexibility index (Phi) is 4.01. The first kappa shape index (κ1) is 12.8. The number of aliphatic imine (C=N–C) groups is 1. The highest BCUT2D eigenvalue weighted by Gasteiger charge is 2.29. The van der Waals surface area contributed by atoms with Crippen molar-refractivity contribution in [2.24, 2.45) is 10.4 Å². The van der Waals surface area contributed by atoms with Gasteiger partial charge in [0.2, 0.25) is 5.90 Å². The lowest BCUT2D eigenvalue weighted by molar-refractivity contribution is 0.0193. The van der Waals surface area contributed by atoms with E-state index in [4.69, 9.17) is 9.47 Å². The van der Waals surface area contributed by atoms with Gasteiger partial charge in [0.25, 0.3) is 0 Å². The van der Waals surface area contributed by atoms with Crippen molar-refractivity contribution in [3.63, 3.8) is 0 Å². The molecular weight excluding hydrogens is 218 g/mol. The second-order valence-corrected chi connectivity index (χ2v) is 5.66. The molecule has 17 heavy (non-hydrogen) atoms. The third kappa shape index (κ3) is 3.66. The van der Waals surface area contributed by atoms with Gasteiger partial charge in [0.15, 0.2) is 0 Å². The van der Waals surface area contributed by atoms with Crippen molar-refractivity contribution in [2.75, 3.05) is 32.8 Å². The van der Waals surface area contributed by atoms with Crippen LogP contribution in [0.1, 0.15) is 20.8 Å². The summed E-state index contributed by atoms with van der Waals surface area (Å²) >= 11 is 0. The van der Waals surface area contributed by atoms with E-state index in [1.165, 1.54) is 0 Å². The monoisotopic (exact) mass is 241 g/mol. The van der Waals surface area contributed by atoms with Gasteiger partial charge in [0.1, 0.15) is 19.4 Å². The molecule has 2 heterocycles. The minimum Gasteiger partial charge on any atom is -0.477 e. The average Bonchev–Trinajstić information content (AvgIpc) is 2.78. The number of ether oxygens (including phenoxy) is 2. The summed E-state index contributed by atoms with van der Waals surface area (Å²) < 4.78 is 11.0. The van der Waals surface area contributed by atoms with Gasteiger partial charge in [-0.3, -0.25) is 10.3 Å². The van der Waals surface area contributed by atoms with Crippen LogP contribution in [0.2, 0.25) is 0 Å². The summed E-state index contributed by atoms with van der Waals surface area (Å²) in [6, 6.07) is 0.488. The molecule has 2 aliphatic rings. The molecule has 0 bridgehead atoms. The second-order valence-electron chi connectivity index (χ2n) is 5.66. The van der Waals surface area contributed by atoms with E-state index in [0.717, 1.165) is 25.5 Å². The molecule has 0 radical (unpaired) electrons. The van der Waals surface area contributed by atoms with E-state index >= 15 is 0 Å². The molecule has 5 nitrogen and oxygen atoms in total. The predicted molar refractivity (Wildman–Crippen MR) is 67.2 cm³/mol. The fraction of sp³-hybridized carbons (Fsp3) is 0.917. The van der Waals surface area contributed by atoms with Crippen molar-refractivity contribution in [1.29, 1.82) is 0 Å². The van der Waals surface area contributed by atoms with Crippen LogP contribution < -0.4 is 10.6 Å². The molecule has 2 aliphatic heterocycles. The van der Waals surface area contributed by atoms with Gasteiger partial charge in [0.05, 0.1) is 6.54 Å². The second kappa shape index (κ2) is 5.33. The number of hydrogen-bond acceptors (Lipinski definition) is 5. The maximum absolute atomic E-state index is 5.70. The molecule has 0 aliphatic carbocycles. The molecule has 0 aromatic heterocycles. The van der Waals surface area contributed by atoms with Crippen LogP contribution in [0.4, 0.5) is 0 Å². The van der Waals surface area contributed by atoms with Crippen LogP contribution in [0.3, 0.4) is 0 Å². The summed E-state index contributed by atoms with van der Waals surface area (Å²) in [4.78, 5) is 4.20. The summed E-state index contributed by atoms with van der Waals surface area (Å²) in [5.74, 6) is 0.727. The molecule has 1 saturated heterocycles. The topological polar surface area (TPSA) is 54.9 Å². The zero-order valence-electron chi connectivity index (χ0n) is 11.0. The summed E-state index contributed by atoms with van der Waals surface area (Å²) in [7, 11) is 0. The minimum atomic E-state index is 0.0560. The van der Waals surface area contributed by atoms with E-state index in [0.29, 0.717) is 19.3 Å². The van der Waals surface area contributed by atoms with E-state index in [1.807, 2.05) is 0 Å².